The fourth-order valence-corrected chi connectivity index (χ4v) is 3.22. The van der Waals surface area contributed by atoms with Crippen molar-refractivity contribution in [2.75, 3.05) is 0 Å². The number of rotatable bonds is 6. The second-order valence-corrected chi connectivity index (χ2v) is 8.08. The topological polar surface area (TPSA) is 89.3 Å². The van der Waals surface area contributed by atoms with Crippen LogP contribution in [0.3, 0.4) is 0 Å². The van der Waals surface area contributed by atoms with Gasteiger partial charge in [-0.1, -0.05) is 36.4 Å². The smallest absolute Gasteiger partial charge is 0.244 e. The lowest BCUT2D eigenvalue weighted by atomic mass is 10.0. The Labute approximate surface area is 155 Å². The van der Waals surface area contributed by atoms with Gasteiger partial charge in [0.05, 0.1) is 5.75 Å². The average molecular weight is 372 g/mol. The van der Waals surface area contributed by atoms with Crippen LogP contribution in [0.5, 0.6) is 0 Å². The molecule has 0 aliphatic carbocycles. The average Bonchev–Trinajstić information content (AvgIpc) is 2.55. The minimum Gasteiger partial charge on any atom is -0.348 e. The first-order valence-electron chi connectivity index (χ1n) is 8.26. The first-order valence-corrected chi connectivity index (χ1v) is 9.97. The number of carbonyl (C=O) groups is 1. The maximum atomic E-state index is 12.0. The summed E-state index contributed by atoms with van der Waals surface area (Å²) >= 11 is 0. The van der Waals surface area contributed by atoms with E-state index >= 15 is 0 Å². The Balaban J connectivity index is 1.93. The van der Waals surface area contributed by atoms with Crippen LogP contribution in [-0.4, -0.2) is 14.3 Å². The summed E-state index contributed by atoms with van der Waals surface area (Å²) in [5.41, 5.74) is 6.07. The van der Waals surface area contributed by atoms with E-state index in [2.05, 4.69) is 24.4 Å². The zero-order valence-corrected chi connectivity index (χ0v) is 16.1. The molecule has 2 rings (SSSR count). The lowest BCUT2D eigenvalue weighted by molar-refractivity contribution is -0.116. The highest BCUT2D eigenvalue weighted by Crippen LogP contribution is 2.16. The quantitative estimate of drug-likeness (QED) is 0.764. The van der Waals surface area contributed by atoms with Crippen LogP contribution in [0.15, 0.2) is 42.5 Å². The maximum Gasteiger partial charge on any atom is 0.244 e. The van der Waals surface area contributed by atoms with Gasteiger partial charge in [0.2, 0.25) is 15.9 Å². The van der Waals surface area contributed by atoms with Crippen LogP contribution in [0.4, 0.5) is 0 Å². The van der Waals surface area contributed by atoms with Gasteiger partial charge in [-0.3, -0.25) is 4.79 Å². The van der Waals surface area contributed by atoms with Crippen molar-refractivity contribution in [1.82, 2.24) is 5.32 Å². The van der Waals surface area contributed by atoms with Gasteiger partial charge in [-0.25, -0.2) is 13.6 Å². The second kappa shape index (κ2) is 8.29. The molecule has 0 heterocycles. The van der Waals surface area contributed by atoms with Crippen molar-refractivity contribution in [3.05, 3.63) is 75.9 Å². The van der Waals surface area contributed by atoms with Gasteiger partial charge in [-0.2, -0.15) is 0 Å². The molecular formula is C20H24N2O3S. The Kier molecular flexibility index (Phi) is 6.34. The minimum absolute atomic E-state index is 0.184. The molecule has 0 saturated carbocycles. The normalized spacial score (nSPS) is 11.7. The van der Waals surface area contributed by atoms with Crippen LogP contribution < -0.4 is 10.5 Å². The number of hydrogen-bond donors (Lipinski definition) is 2. The van der Waals surface area contributed by atoms with Gasteiger partial charge >= 0.3 is 0 Å². The molecule has 6 heteroatoms. The predicted octanol–water partition coefficient (Wildman–Crippen LogP) is 2.73. The van der Waals surface area contributed by atoms with Gasteiger partial charge in [0.15, 0.2) is 0 Å². The molecule has 0 unspecified atom stereocenters. The number of sulfonamides is 1. The van der Waals surface area contributed by atoms with Gasteiger partial charge in [-0.05, 0) is 60.2 Å². The molecule has 0 fully saturated rings. The molecule has 0 aliphatic heterocycles. The van der Waals surface area contributed by atoms with Crippen molar-refractivity contribution in [1.29, 1.82) is 0 Å². The van der Waals surface area contributed by atoms with Crippen molar-refractivity contribution in [3.8, 4) is 0 Å². The Morgan fingerprint density at radius 1 is 1.00 bits per heavy atom. The molecule has 0 aliphatic rings. The first-order chi connectivity index (χ1) is 12.1. The number of nitrogens with one attached hydrogen (secondary N) is 1. The molecule has 0 radical (unpaired) electrons. The fraction of sp³-hybridized carbons (Fsp3) is 0.250. The molecule has 5 nitrogen and oxygen atoms in total. The number of carbonyl (C=O) groups excluding carboxylic acids is 1. The summed E-state index contributed by atoms with van der Waals surface area (Å²) in [4.78, 5) is 12.0. The molecule has 0 atom stereocenters. The summed E-state index contributed by atoms with van der Waals surface area (Å²) in [5, 5.41) is 7.83. The van der Waals surface area contributed by atoms with E-state index in [4.69, 9.17) is 5.14 Å². The van der Waals surface area contributed by atoms with Crippen LogP contribution in [0.1, 0.15) is 33.4 Å². The van der Waals surface area contributed by atoms with Crippen LogP contribution in [0, 0.1) is 20.8 Å². The molecule has 3 N–H and O–H groups in total. The summed E-state index contributed by atoms with van der Waals surface area (Å²) in [5.74, 6) is -0.381. The summed E-state index contributed by atoms with van der Waals surface area (Å²) in [6.07, 6.45) is 3.33. The van der Waals surface area contributed by atoms with E-state index in [-0.39, 0.29) is 11.7 Å². The van der Waals surface area contributed by atoms with Gasteiger partial charge in [0.1, 0.15) is 0 Å². The zero-order valence-electron chi connectivity index (χ0n) is 15.2. The molecule has 0 aromatic heterocycles. The summed E-state index contributed by atoms with van der Waals surface area (Å²) < 4.78 is 22.1. The van der Waals surface area contributed by atoms with Crippen molar-refractivity contribution in [2.45, 2.75) is 33.1 Å². The van der Waals surface area contributed by atoms with E-state index in [1.54, 1.807) is 24.3 Å². The number of benzene rings is 2. The third-order valence-electron chi connectivity index (χ3n) is 4.15. The molecule has 1 amide bonds. The van der Waals surface area contributed by atoms with E-state index < -0.39 is 10.0 Å². The number of primary sulfonamides is 1. The van der Waals surface area contributed by atoms with Crippen LogP contribution in [0.2, 0.25) is 0 Å². The van der Waals surface area contributed by atoms with E-state index in [0.29, 0.717) is 12.1 Å². The highest BCUT2D eigenvalue weighted by molar-refractivity contribution is 7.88. The molecule has 2 aromatic rings. The number of aryl methyl sites for hydroxylation is 3. The molecule has 0 saturated heterocycles. The molecule has 26 heavy (non-hydrogen) atoms. The highest BCUT2D eigenvalue weighted by Gasteiger charge is 2.05. The van der Waals surface area contributed by atoms with Gasteiger partial charge in [0.25, 0.3) is 0 Å². The standard InChI is InChI=1S/C20H24N2O3S/c1-14-10-16(3)19(11-15(14)2)8-9-20(23)22-12-17-4-6-18(7-5-17)13-26(21,24)25/h4-11H,12-13H2,1-3H3,(H,22,23)(H2,21,24,25)/b9-8+. The Morgan fingerprint density at radius 2 is 1.58 bits per heavy atom. The first kappa shape index (κ1) is 19.9. The largest absolute Gasteiger partial charge is 0.348 e. The Morgan fingerprint density at radius 3 is 2.19 bits per heavy atom. The summed E-state index contributed by atoms with van der Waals surface area (Å²) in [7, 11) is -3.54. The summed E-state index contributed by atoms with van der Waals surface area (Å²) in [6.45, 7) is 6.50. The zero-order chi connectivity index (χ0) is 19.3. The van der Waals surface area contributed by atoms with E-state index in [1.165, 1.54) is 17.2 Å². The monoisotopic (exact) mass is 372 g/mol. The van der Waals surface area contributed by atoms with Crippen molar-refractivity contribution < 1.29 is 13.2 Å². The van der Waals surface area contributed by atoms with Gasteiger partial charge < -0.3 is 5.32 Å². The fourth-order valence-electron chi connectivity index (χ4n) is 2.56. The number of amides is 1. The molecule has 138 valence electrons. The van der Waals surface area contributed by atoms with E-state index in [1.807, 2.05) is 19.9 Å². The molecule has 0 spiro atoms. The third-order valence-corrected chi connectivity index (χ3v) is 4.89. The third kappa shape index (κ3) is 6.13. The number of hydrogen-bond acceptors (Lipinski definition) is 3. The van der Waals surface area contributed by atoms with E-state index in [9.17, 15) is 13.2 Å². The molecule has 0 bridgehead atoms. The summed E-state index contributed by atoms with van der Waals surface area (Å²) in [6, 6.07) is 11.1. The number of nitrogens with two attached hydrogens (primary N) is 1. The Bertz CT molecular complexity index is 930. The molecular weight excluding hydrogens is 348 g/mol. The van der Waals surface area contributed by atoms with Crippen LogP contribution in [0.25, 0.3) is 6.08 Å². The maximum absolute atomic E-state index is 12.0. The van der Waals surface area contributed by atoms with Crippen molar-refractivity contribution in [2.24, 2.45) is 5.14 Å². The SMILES string of the molecule is Cc1cc(C)c(/C=C/C(=O)NCc2ccc(CS(N)(=O)=O)cc2)cc1C. The van der Waals surface area contributed by atoms with E-state index in [0.717, 1.165) is 16.7 Å². The lowest BCUT2D eigenvalue weighted by Crippen LogP contribution is -2.20. The van der Waals surface area contributed by atoms with Crippen molar-refractivity contribution in [3.63, 3.8) is 0 Å². The lowest BCUT2D eigenvalue weighted by Gasteiger charge is -2.07. The highest BCUT2D eigenvalue weighted by atomic mass is 32.2. The van der Waals surface area contributed by atoms with Crippen molar-refractivity contribution >= 4 is 22.0 Å². The minimum atomic E-state index is -3.54. The molecule has 2 aromatic carbocycles. The van der Waals surface area contributed by atoms with Crippen LogP contribution >= 0.6 is 0 Å². The predicted molar refractivity (Wildman–Crippen MR) is 105 cm³/mol. The van der Waals surface area contributed by atoms with Gasteiger partial charge in [-0.15, -0.1) is 0 Å². The van der Waals surface area contributed by atoms with Gasteiger partial charge in [0, 0.05) is 12.6 Å². The second-order valence-electron chi connectivity index (χ2n) is 6.47. The Hall–Kier alpha value is -2.44. The van der Waals surface area contributed by atoms with Crippen LogP contribution in [-0.2, 0) is 27.1 Å².